The van der Waals surface area contributed by atoms with Crippen LogP contribution in [0.5, 0.6) is 0 Å². The van der Waals surface area contributed by atoms with Gasteiger partial charge < -0.3 is 4.57 Å². The lowest BCUT2D eigenvalue weighted by Gasteiger charge is -2.34. The Labute approximate surface area is 225 Å². The molecule has 0 amide bonds. The molecular weight excluding hydrogens is 498 g/mol. The Balaban J connectivity index is 1.50. The van der Waals surface area contributed by atoms with Gasteiger partial charge in [0.15, 0.2) is 11.0 Å². The zero-order valence-electron chi connectivity index (χ0n) is 20.5. The molecule has 4 aromatic heterocycles. The average molecular weight is 516 g/mol. The van der Waals surface area contributed by atoms with Gasteiger partial charge in [0.25, 0.3) is 0 Å². The maximum atomic E-state index is 2.57. The van der Waals surface area contributed by atoms with Crippen LogP contribution in [0.15, 0.2) is 113 Å². The van der Waals surface area contributed by atoms with Gasteiger partial charge in [0, 0.05) is 27.6 Å². The van der Waals surface area contributed by atoms with Crippen molar-refractivity contribution in [1.29, 1.82) is 0 Å². The van der Waals surface area contributed by atoms with Crippen LogP contribution < -0.4 is 9.25 Å². The number of benzene rings is 4. The van der Waals surface area contributed by atoms with Crippen LogP contribution in [0.3, 0.4) is 0 Å². The average Bonchev–Trinajstić information content (AvgIpc) is 3.73. The minimum absolute atomic E-state index is 0.536. The molecule has 0 saturated carbocycles. The summed E-state index contributed by atoms with van der Waals surface area (Å²) < 4.78 is 12.5. The van der Waals surface area contributed by atoms with E-state index in [2.05, 4.69) is 127 Å². The molecule has 0 N–H and O–H groups in total. The second-order valence-corrected chi connectivity index (χ2v) is 12.2. The summed E-state index contributed by atoms with van der Waals surface area (Å²) in [6, 6.07) is 31.8. The molecule has 0 saturated heterocycles. The summed E-state index contributed by atoms with van der Waals surface area (Å²) in [6.07, 6.45) is 6.78. The zero-order chi connectivity index (χ0) is 24.8. The number of fused-ring (bicyclic) bond motifs is 7. The predicted molar refractivity (Wildman–Crippen MR) is 151 cm³/mol. The third-order valence-corrected chi connectivity index (χ3v) is 10.7. The molecular formula is C33H17N5S+2. The van der Waals surface area contributed by atoms with E-state index in [4.69, 9.17) is 0 Å². The van der Waals surface area contributed by atoms with Crippen LogP contribution in [0.1, 0.15) is 11.1 Å². The van der Waals surface area contributed by atoms with Crippen LogP contribution in [-0.4, -0.2) is 13.8 Å². The quantitative estimate of drug-likeness (QED) is 0.229. The molecule has 0 bridgehead atoms. The van der Waals surface area contributed by atoms with E-state index in [9.17, 15) is 0 Å². The molecule has 0 radical (unpaired) electrons. The molecule has 0 aliphatic carbocycles. The van der Waals surface area contributed by atoms with E-state index in [1.165, 1.54) is 81.7 Å². The molecule has 1 unspecified atom stereocenters. The molecule has 0 fully saturated rings. The second-order valence-electron chi connectivity index (χ2n) is 11.1. The van der Waals surface area contributed by atoms with Crippen molar-refractivity contribution in [3.05, 3.63) is 115 Å². The Morgan fingerprint density at radius 2 is 1.36 bits per heavy atom. The molecule has 178 valence electrons. The molecule has 12 rings (SSSR count). The Bertz CT molecular complexity index is 2540. The highest BCUT2D eigenvalue weighted by molar-refractivity contribution is 7.99. The van der Waals surface area contributed by atoms with Gasteiger partial charge in [-0.25, -0.2) is 0 Å². The molecule has 8 aromatic rings. The fraction of sp³-hybridized carbons (Fsp3) is 0.0303. The molecule has 1 atom stereocenters. The van der Waals surface area contributed by atoms with Gasteiger partial charge in [0.1, 0.15) is 21.7 Å². The van der Waals surface area contributed by atoms with Crippen LogP contribution in [-0.2, 0) is 5.66 Å². The molecule has 1 spiro atoms. The number of para-hydroxylation sites is 2. The molecule has 4 aliphatic rings. The highest BCUT2D eigenvalue weighted by Gasteiger charge is 2.68. The first-order chi connectivity index (χ1) is 19.4. The molecule has 8 heterocycles. The van der Waals surface area contributed by atoms with Crippen LogP contribution in [0.2, 0.25) is 0 Å². The van der Waals surface area contributed by atoms with Gasteiger partial charge in [-0.15, -0.1) is 4.68 Å². The Hall–Kier alpha value is -4.81. The lowest BCUT2D eigenvalue weighted by atomic mass is 9.83. The second kappa shape index (κ2) is 5.48. The van der Waals surface area contributed by atoms with Crippen molar-refractivity contribution in [2.75, 3.05) is 0 Å². The number of pyridine rings is 1. The van der Waals surface area contributed by atoms with Crippen molar-refractivity contribution in [2.24, 2.45) is 0 Å². The summed E-state index contributed by atoms with van der Waals surface area (Å²) >= 11 is 1.90. The summed E-state index contributed by atoms with van der Waals surface area (Å²) in [7, 11) is 0. The Morgan fingerprint density at radius 3 is 2.33 bits per heavy atom. The Kier molecular flexibility index (Phi) is 2.59. The highest BCUT2D eigenvalue weighted by Crippen LogP contribution is 2.56. The normalized spacial score (nSPS) is 18.3. The van der Waals surface area contributed by atoms with Gasteiger partial charge in [-0.05, 0) is 54.6 Å². The van der Waals surface area contributed by atoms with E-state index >= 15 is 0 Å². The van der Waals surface area contributed by atoms with Crippen LogP contribution >= 0.6 is 11.8 Å². The lowest BCUT2D eigenvalue weighted by molar-refractivity contribution is -0.993. The number of aromatic nitrogens is 5. The van der Waals surface area contributed by atoms with E-state index < -0.39 is 5.66 Å². The monoisotopic (exact) mass is 515 g/mol. The van der Waals surface area contributed by atoms with Crippen LogP contribution in [0.4, 0.5) is 0 Å². The maximum absolute atomic E-state index is 2.57. The summed E-state index contributed by atoms with van der Waals surface area (Å²) in [5.41, 5.74) is 9.94. The summed E-state index contributed by atoms with van der Waals surface area (Å²) in [4.78, 5) is 2.62. The van der Waals surface area contributed by atoms with Gasteiger partial charge in [0.05, 0.1) is 34.0 Å². The van der Waals surface area contributed by atoms with E-state index in [1.54, 1.807) is 0 Å². The van der Waals surface area contributed by atoms with E-state index in [0.29, 0.717) is 0 Å². The number of hydrogen-bond acceptors (Lipinski definition) is 1. The van der Waals surface area contributed by atoms with Gasteiger partial charge in [-0.2, -0.15) is 9.13 Å². The number of hydrogen-bond donors (Lipinski definition) is 0. The molecule has 39 heavy (non-hydrogen) atoms. The van der Waals surface area contributed by atoms with Crippen molar-refractivity contribution in [2.45, 2.75) is 15.5 Å². The van der Waals surface area contributed by atoms with E-state index in [1.807, 2.05) is 11.8 Å². The topological polar surface area (TPSA) is 22.5 Å². The largest absolute Gasteiger partial charge is 0.394 e. The first-order valence-corrected chi connectivity index (χ1v) is 14.2. The highest BCUT2D eigenvalue weighted by atomic mass is 32.2. The van der Waals surface area contributed by atoms with E-state index in [0.717, 1.165) is 0 Å². The van der Waals surface area contributed by atoms with Gasteiger partial charge in [-0.1, -0.05) is 40.7 Å². The van der Waals surface area contributed by atoms with Crippen LogP contribution in [0.25, 0.3) is 60.8 Å². The summed E-state index contributed by atoms with van der Waals surface area (Å²) in [6.45, 7) is 0. The van der Waals surface area contributed by atoms with Gasteiger partial charge in [0.2, 0.25) is 6.20 Å². The molecule has 4 aromatic carbocycles. The van der Waals surface area contributed by atoms with Crippen molar-refractivity contribution in [1.82, 2.24) is 13.8 Å². The van der Waals surface area contributed by atoms with Gasteiger partial charge in [-0.3, -0.25) is 0 Å². The fourth-order valence-electron chi connectivity index (χ4n) is 8.44. The fourth-order valence-corrected chi connectivity index (χ4v) is 9.55. The predicted octanol–water partition coefficient (Wildman–Crippen LogP) is 5.95. The standard InChI is InChI=1S/C33H17N5S/c1-2-8-22-18(6-1)20-11-13-23-27-30(20)37(22)24-14-12-21-19-7-3-9-25-29(19)38-31(21)28(24)33(27,36-17-5-16-35(23)36)34-15-4-10-26(39-25)32(34)38/h1-17H/q+2. The van der Waals surface area contributed by atoms with Crippen LogP contribution in [0, 0.1) is 0 Å². The first kappa shape index (κ1) is 18.4. The minimum atomic E-state index is -0.536. The Morgan fingerprint density at radius 1 is 0.590 bits per heavy atom. The third-order valence-electron chi connectivity index (χ3n) is 9.62. The summed E-state index contributed by atoms with van der Waals surface area (Å²) in [5.74, 6) is 1.26. The lowest BCUT2D eigenvalue weighted by Crippen LogP contribution is -2.77. The molecule has 6 heteroatoms. The van der Waals surface area contributed by atoms with Gasteiger partial charge >= 0.3 is 11.5 Å². The van der Waals surface area contributed by atoms with Crippen molar-refractivity contribution in [3.8, 4) is 17.2 Å². The zero-order valence-corrected chi connectivity index (χ0v) is 21.3. The first-order valence-electron chi connectivity index (χ1n) is 13.4. The third kappa shape index (κ3) is 1.60. The SMILES string of the molecule is c1ccc2c(c1)c1ccc3c4c1n2-c1ccc2c5cccc6c5n5c2c1C4([n+]1cccc(c1-5)S6)[n+]1cccn1-3. The molecule has 4 aliphatic heterocycles. The van der Waals surface area contributed by atoms with Crippen molar-refractivity contribution >= 4 is 55.4 Å². The molecule has 5 nitrogen and oxygen atoms in total. The van der Waals surface area contributed by atoms with Crippen molar-refractivity contribution in [3.63, 3.8) is 0 Å². The van der Waals surface area contributed by atoms with Crippen molar-refractivity contribution < 1.29 is 9.25 Å². The van der Waals surface area contributed by atoms with E-state index in [-0.39, 0.29) is 0 Å². The number of nitrogens with zero attached hydrogens (tertiary/aromatic N) is 5. The number of rotatable bonds is 0. The smallest absolute Gasteiger partial charge is 0.307 e. The minimum Gasteiger partial charge on any atom is -0.307 e. The summed E-state index contributed by atoms with van der Waals surface area (Å²) in [5, 5.41) is 5.28. The maximum Gasteiger partial charge on any atom is 0.394 e.